The second-order valence-corrected chi connectivity index (χ2v) is 4.15. The molecule has 0 saturated heterocycles. The van der Waals surface area contributed by atoms with Gasteiger partial charge in [0.2, 0.25) is 0 Å². The number of carbonyl (C=O) groups excluding carboxylic acids is 1. The van der Waals surface area contributed by atoms with E-state index in [1.807, 2.05) is 6.08 Å². The second-order valence-electron chi connectivity index (χ2n) is 4.15. The predicted molar refractivity (Wildman–Crippen MR) is 64.5 cm³/mol. The lowest BCUT2D eigenvalue weighted by molar-refractivity contribution is -0.384. The number of nitro benzene ring substituents is 1. The van der Waals surface area contributed by atoms with E-state index in [9.17, 15) is 14.9 Å². The minimum atomic E-state index is -0.428. The molecule has 4 heteroatoms. The third-order valence-electron chi connectivity index (χ3n) is 2.90. The largest absolute Gasteiger partial charge is 0.295 e. The third-order valence-corrected chi connectivity index (χ3v) is 2.90. The summed E-state index contributed by atoms with van der Waals surface area (Å²) in [5.74, 6) is 0.203. The van der Waals surface area contributed by atoms with Crippen LogP contribution in [0.3, 0.4) is 0 Å². The molecule has 0 heterocycles. The maximum absolute atomic E-state index is 11.6. The highest BCUT2D eigenvalue weighted by Crippen LogP contribution is 2.23. The molecule has 0 aliphatic heterocycles. The topological polar surface area (TPSA) is 60.2 Å². The van der Waals surface area contributed by atoms with E-state index in [0.717, 1.165) is 30.4 Å². The Labute approximate surface area is 99.1 Å². The Hall–Kier alpha value is -1.97. The van der Waals surface area contributed by atoms with E-state index >= 15 is 0 Å². The first-order chi connectivity index (χ1) is 8.16. The Balaban J connectivity index is 2.20. The van der Waals surface area contributed by atoms with Gasteiger partial charge in [0.05, 0.1) is 4.92 Å². The molecule has 1 aromatic carbocycles. The number of non-ortho nitro benzene ring substituents is 1. The molecule has 0 spiro atoms. The summed E-state index contributed by atoms with van der Waals surface area (Å²) in [6, 6.07) is 6.26. The smallest absolute Gasteiger partial charge is 0.269 e. The second kappa shape index (κ2) is 4.91. The molecule has 0 atom stereocenters. The van der Waals surface area contributed by atoms with E-state index in [1.54, 1.807) is 12.1 Å². The molecule has 0 bridgehead atoms. The van der Waals surface area contributed by atoms with Crippen molar-refractivity contribution in [2.75, 3.05) is 0 Å². The van der Waals surface area contributed by atoms with Crippen LogP contribution in [0, 0.1) is 10.1 Å². The van der Waals surface area contributed by atoms with Crippen LogP contribution in [0.5, 0.6) is 0 Å². The Bertz CT molecular complexity index is 474. The van der Waals surface area contributed by atoms with Crippen LogP contribution in [0.1, 0.15) is 31.2 Å². The van der Waals surface area contributed by atoms with E-state index in [-0.39, 0.29) is 11.5 Å². The molecule has 0 aromatic heterocycles. The lowest BCUT2D eigenvalue weighted by Crippen LogP contribution is -2.07. The van der Waals surface area contributed by atoms with Gasteiger partial charge in [-0.05, 0) is 48.6 Å². The molecular weight excluding hydrogens is 218 g/mol. The Morgan fingerprint density at radius 1 is 1.12 bits per heavy atom. The van der Waals surface area contributed by atoms with E-state index < -0.39 is 4.92 Å². The molecule has 1 aromatic rings. The molecule has 88 valence electrons. The first-order valence-electron chi connectivity index (χ1n) is 5.65. The van der Waals surface area contributed by atoms with Crippen LogP contribution >= 0.6 is 0 Å². The van der Waals surface area contributed by atoms with Gasteiger partial charge in [-0.2, -0.15) is 0 Å². The van der Waals surface area contributed by atoms with Crippen LogP contribution in [0.25, 0.3) is 6.08 Å². The Morgan fingerprint density at radius 3 is 2.35 bits per heavy atom. The lowest BCUT2D eigenvalue weighted by Gasteiger charge is -2.12. The molecule has 4 nitrogen and oxygen atoms in total. The minimum absolute atomic E-state index is 0.0714. The van der Waals surface area contributed by atoms with Crippen LogP contribution in [-0.4, -0.2) is 10.7 Å². The van der Waals surface area contributed by atoms with E-state index in [1.165, 1.54) is 12.1 Å². The van der Waals surface area contributed by atoms with Gasteiger partial charge in [-0.3, -0.25) is 14.9 Å². The fraction of sp³-hybridized carbons (Fsp3) is 0.308. The molecular formula is C13H13NO3. The van der Waals surface area contributed by atoms with Crippen molar-refractivity contribution < 1.29 is 9.72 Å². The molecule has 0 unspecified atom stereocenters. The zero-order chi connectivity index (χ0) is 12.3. The third kappa shape index (κ3) is 2.78. The molecule has 1 fully saturated rings. The summed E-state index contributed by atoms with van der Waals surface area (Å²) in [5, 5.41) is 10.5. The lowest BCUT2D eigenvalue weighted by atomic mass is 9.92. The molecule has 0 amide bonds. The van der Waals surface area contributed by atoms with Gasteiger partial charge in [0, 0.05) is 18.6 Å². The van der Waals surface area contributed by atoms with Gasteiger partial charge in [-0.15, -0.1) is 0 Å². The van der Waals surface area contributed by atoms with Crippen LogP contribution in [0.15, 0.2) is 29.8 Å². The fourth-order valence-corrected chi connectivity index (χ4v) is 1.95. The minimum Gasteiger partial charge on any atom is -0.295 e. The number of rotatable bonds is 2. The van der Waals surface area contributed by atoms with Crippen LogP contribution in [0.4, 0.5) is 5.69 Å². The van der Waals surface area contributed by atoms with Gasteiger partial charge >= 0.3 is 0 Å². The Kier molecular flexibility index (Phi) is 3.32. The van der Waals surface area contributed by atoms with Crippen molar-refractivity contribution in [3.63, 3.8) is 0 Å². The van der Waals surface area contributed by atoms with Crippen molar-refractivity contribution in [2.45, 2.75) is 25.7 Å². The maximum Gasteiger partial charge on any atom is 0.269 e. The van der Waals surface area contributed by atoms with Crippen molar-refractivity contribution in [3.8, 4) is 0 Å². The SMILES string of the molecule is O=C1CCCC/C1=C/c1ccc([N+](=O)[O-])cc1. The van der Waals surface area contributed by atoms with Gasteiger partial charge in [0.15, 0.2) is 5.78 Å². The highest BCUT2D eigenvalue weighted by atomic mass is 16.6. The first-order valence-corrected chi connectivity index (χ1v) is 5.65. The molecule has 1 aliphatic carbocycles. The predicted octanol–water partition coefficient (Wildman–Crippen LogP) is 3.12. The summed E-state index contributed by atoms with van der Waals surface area (Å²) in [5.41, 5.74) is 1.76. The van der Waals surface area contributed by atoms with Crippen LogP contribution in [0.2, 0.25) is 0 Å². The highest BCUT2D eigenvalue weighted by molar-refractivity contribution is 6.00. The fourth-order valence-electron chi connectivity index (χ4n) is 1.95. The number of benzene rings is 1. The van der Waals surface area contributed by atoms with Gasteiger partial charge < -0.3 is 0 Å². The van der Waals surface area contributed by atoms with E-state index in [0.29, 0.717) is 6.42 Å². The molecule has 0 N–H and O–H groups in total. The van der Waals surface area contributed by atoms with Gasteiger partial charge in [-0.25, -0.2) is 0 Å². The van der Waals surface area contributed by atoms with Crippen molar-refractivity contribution in [1.82, 2.24) is 0 Å². The summed E-state index contributed by atoms with van der Waals surface area (Å²) in [6.07, 6.45) is 5.29. The average molecular weight is 231 g/mol. The monoisotopic (exact) mass is 231 g/mol. The van der Waals surface area contributed by atoms with Crippen molar-refractivity contribution >= 4 is 17.5 Å². The van der Waals surface area contributed by atoms with Crippen LogP contribution in [-0.2, 0) is 4.79 Å². The number of allylic oxidation sites excluding steroid dienone is 1. The summed E-state index contributed by atoms with van der Waals surface area (Å²) >= 11 is 0. The quantitative estimate of drug-likeness (QED) is 0.446. The first kappa shape index (κ1) is 11.5. The number of nitrogens with zero attached hydrogens (tertiary/aromatic N) is 1. The van der Waals surface area contributed by atoms with E-state index in [2.05, 4.69) is 0 Å². The number of carbonyl (C=O) groups is 1. The molecule has 0 radical (unpaired) electrons. The van der Waals surface area contributed by atoms with Gasteiger partial charge in [0.1, 0.15) is 0 Å². The summed E-state index contributed by atoms with van der Waals surface area (Å²) in [4.78, 5) is 21.7. The molecule has 1 saturated carbocycles. The van der Waals surface area contributed by atoms with Crippen LogP contribution < -0.4 is 0 Å². The Morgan fingerprint density at radius 2 is 1.76 bits per heavy atom. The number of Topliss-reactive ketones (excluding diaryl/α,β-unsaturated/α-hetero) is 1. The zero-order valence-electron chi connectivity index (χ0n) is 9.39. The zero-order valence-corrected chi connectivity index (χ0v) is 9.39. The highest BCUT2D eigenvalue weighted by Gasteiger charge is 2.14. The molecule has 1 aliphatic rings. The number of hydrogen-bond acceptors (Lipinski definition) is 3. The number of hydrogen-bond donors (Lipinski definition) is 0. The summed E-state index contributed by atoms with van der Waals surface area (Å²) < 4.78 is 0. The maximum atomic E-state index is 11.6. The van der Waals surface area contributed by atoms with Crippen molar-refractivity contribution in [1.29, 1.82) is 0 Å². The number of nitro groups is 1. The average Bonchev–Trinajstić information content (AvgIpc) is 2.33. The standard InChI is InChI=1S/C13H13NO3/c15-13-4-2-1-3-11(13)9-10-5-7-12(8-6-10)14(16)17/h5-9H,1-4H2/b11-9-. The molecule has 2 rings (SSSR count). The normalized spacial score (nSPS) is 18.4. The van der Waals surface area contributed by atoms with Crippen molar-refractivity contribution in [3.05, 3.63) is 45.5 Å². The van der Waals surface area contributed by atoms with E-state index in [4.69, 9.17) is 0 Å². The van der Waals surface area contributed by atoms with Gasteiger partial charge in [-0.1, -0.05) is 0 Å². The summed E-state index contributed by atoms with van der Waals surface area (Å²) in [7, 11) is 0. The van der Waals surface area contributed by atoms with Gasteiger partial charge in [0.25, 0.3) is 5.69 Å². The number of ketones is 1. The van der Waals surface area contributed by atoms with Crippen molar-refractivity contribution in [2.24, 2.45) is 0 Å². The molecule has 17 heavy (non-hydrogen) atoms. The summed E-state index contributed by atoms with van der Waals surface area (Å²) in [6.45, 7) is 0.